The van der Waals surface area contributed by atoms with E-state index in [9.17, 15) is 4.21 Å². The van der Waals surface area contributed by atoms with Crippen LogP contribution in [0.15, 0.2) is 29.2 Å². The molecule has 1 aromatic rings. The van der Waals surface area contributed by atoms with Crippen LogP contribution >= 0.6 is 0 Å². The number of ether oxygens (including phenoxy) is 1. The maximum Gasteiger partial charge on any atom is 0.134 e. The smallest absolute Gasteiger partial charge is 0.134 e. The monoisotopic (exact) mass is 269 g/mol. The van der Waals surface area contributed by atoms with Gasteiger partial charge in [0, 0.05) is 5.75 Å². The van der Waals surface area contributed by atoms with Crippen molar-refractivity contribution in [2.24, 2.45) is 5.92 Å². The molecule has 1 rings (SSSR count). The zero-order chi connectivity index (χ0) is 13.4. The molecule has 0 aromatic heterocycles. The molecule has 18 heavy (non-hydrogen) atoms. The van der Waals surface area contributed by atoms with E-state index in [2.05, 4.69) is 19.2 Å². The van der Waals surface area contributed by atoms with Crippen molar-refractivity contribution in [3.63, 3.8) is 0 Å². The third-order valence-corrected chi connectivity index (χ3v) is 4.04. The van der Waals surface area contributed by atoms with Gasteiger partial charge in [-0.2, -0.15) is 0 Å². The van der Waals surface area contributed by atoms with Crippen LogP contribution in [0.5, 0.6) is 5.75 Å². The van der Waals surface area contributed by atoms with E-state index in [0.717, 1.165) is 24.4 Å². The minimum atomic E-state index is -0.974. The molecule has 0 heterocycles. The summed E-state index contributed by atoms with van der Waals surface area (Å²) in [7, 11) is 0.637. The van der Waals surface area contributed by atoms with Gasteiger partial charge in [0.25, 0.3) is 0 Å². The first-order valence-electron chi connectivity index (χ1n) is 6.37. The number of hydrogen-bond donors (Lipinski definition) is 1. The Kier molecular flexibility index (Phi) is 6.98. The summed E-state index contributed by atoms with van der Waals surface area (Å²) in [6.45, 7) is 6.29. The maximum absolute atomic E-state index is 12.1. The highest BCUT2D eigenvalue weighted by molar-refractivity contribution is 7.85. The third kappa shape index (κ3) is 5.19. The van der Waals surface area contributed by atoms with Gasteiger partial charge in [-0.05, 0) is 37.6 Å². The molecule has 0 aliphatic heterocycles. The fraction of sp³-hybridized carbons (Fsp3) is 0.571. The van der Waals surface area contributed by atoms with Crippen molar-refractivity contribution in [3.05, 3.63) is 24.3 Å². The molecule has 0 spiro atoms. The summed E-state index contributed by atoms with van der Waals surface area (Å²) in [5, 5.41) is 3.35. The Morgan fingerprint density at radius 3 is 2.72 bits per heavy atom. The number of rotatable bonds is 8. The molecule has 0 aliphatic rings. The molecule has 4 heteroatoms. The Morgan fingerprint density at radius 2 is 2.06 bits per heavy atom. The number of benzene rings is 1. The molecule has 1 atom stereocenters. The van der Waals surface area contributed by atoms with Crippen LogP contribution in [0.2, 0.25) is 0 Å². The van der Waals surface area contributed by atoms with Crippen LogP contribution in [-0.2, 0) is 10.8 Å². The number of hydrogen-bond acceptors (Lipinski definition) is 3. The minimum absolute atomic E-state index is 0.657. The molecule has 0 saturated carbocycles. The Morgan fingerprint density at radius 1 is 1.33 bits per heavy atom. The van der Waals surface area contributed by atoms with Gasteiger partial charge in [0.1, 0.15) is 5.75 Å². The summed E-state index contributed by atoms with van der Waals surface area (Å²) < 4.78 is 17.3. The second-order valence-corrected chi connectivity index (χ2v) is 6.19. The van der Waals surface area contributed by atoms with Gasteiger partial charge < -0.3 is 10.1 Å². The molecule has 1 aromatic carbocycles. The molecule has 1 unspecified atom stereocenters. The SMILES string of the molecule is COc1ccccc1S(=O)CCCNCC(C)C. The van der Waals surface area contributed by atoms with Crippen molar-refractivity contribution in [1.82, 2.24) is 5.32 Å². The van der Waals surface area contributed by atoms with E-state index in [0.29, 0.717) is 17.4 Å². The largest absolute Gasteiger partial charge is 0.495 e. The van der Waals surface area contributed by atoms with E-state index in [1.807, 2.05) is 24.3 Å². The summed E-state index contributed by atoms with van der Waals surface area (Å²) >= 11 is 0. The predicted octanol–water partition coefficient (Wildman–Crippen LogP) is 2.44. The Bertz CT molecular complexity index is 380. The fourth-order valence-corrected chi connectivity index (χ4v) is 2.87. The van der Waals surface area contributed by atoms with E-state index in [-0.39, 0.29) is 0 Å². The first kappa shape index (κ1) is 15.2. The van der Waals surface area contributed by atoms with Crippen LogP contribution in [0, 0.1) is 5.92 Å². The summed E-state index contributed by atoms with van der Waals surface area (Å²) in [6.07, 6.45) is 0.914. The van der Waals surface area contributed by atoms with Gasteiger partial charge >= 0.3 is 0 Å². The van der Waals surface area contributed by atoms with Crippen LogP contribution < -0.4 is 10.1 Å². The van der Waals surface area contributed by atoms with Gasteiger partial charge in [0.05, 0.1) is 22.8 Å². The van der Waals surface area contributed by atoms with Crippen LogP contribution in [0.25, 0.3) is 0 Å². The molecule has 0 bridgehead atoms. The van der Waals surface area contributed by atoms with Crippen molar-refractivity contribution in [1.29, 1.82) is 0 Å². The first-order chi connectivity index (χ1) is 8.65. The highest BCUT2D eigenvalue weighted by Crippen LogP contribution is 2.21. The molecule has 0 amide bonds. The first-order valence-corrected chi connectivity index (χ1v) is 7.69. The van der Waals surface area contributed by atoms with E-state index in [4.69, 9.17) is 4.74 Å². The van der Waals surface area contributed by atoms with Gasteiger partial charge in [-0.1, -0.05) is 26.0 Å². The zero-order valence-electron chi connectivity index (χ0n) is 11.4. The van der Waals surface area contributed by atoms with Crippen LogP contribution in [0.1, 0.15) is 20.3 Å². The molecule has 0 fully saturated rings. The van der Waals surface area contributed by atoms with Crippen LogP contribution in [-0.4, -0.2) is 30.2 Å². The lowest BCUT2D eigenvalue weighted by Crippen LogP contribution is -2.22. The van der Waals surface area contributed by atoms with Gasteiger partial charge in [0.2, 0.25) is 0 Å². The van der Waals surface area contributed by atoms with Gasteiger partial charge in [-0.15, -0.1) is 0 Å². The normalized spacial score (nSPS) is 12.7. The van der Waals surface area contributed by atoms with E-state index in [1.165, 1.54) is 0 Å². The van der Waals surface area contributed by atoms with E-state index in [1.54, 1.807) is 7.11 Å². The lowest BCUT2D eigenvalue weighted by atomic mass is 10.2. The van der Waals surface area contributed by atoms with E-state index < -0.39 is 10.8 Å². The van der Waals surface area contributed by atoms with Crippen LogP contribution in [0.4, 0.5) is 0 Å². The van der Waals surface area contributed by atoms with Crippen LogP contribution in [0.3, 0.4) is 0 Å². The molecule has 0 radical (unpaired) electrons. The molecule has 0 aliphatic carbocycles. The van der Waals surface area contributed by atoms with Gasteiger partial charge in [0.15, 0.2) is 0 Å². The topological polar surface area (TPSA) is 38.3 Å². The maximum atomic E-state index is 12.1. The summed E-state index contributed by atoms with van der Waals surface area (Å²) in [5.74, 6) is 2.04. The summed E-state index contributed by atoms with van der Waals surface area (Å²) in [4.78, 5) is 0.795. The average Bonchev–Trinajstić information content (AvgIpc) is 2.37. The summed E-state index contributed by atoms with van der Waals surface area (Å²) in [6, 6.07) is 7.51. The molecule has 102 valence electrons. The molecule has 0 saturated heterocycles. The third-order valence-electron chi connectivity index (χ3n) is 2.55. The Balaban J connectivity index is 2.36. The Labute approximate surface area is 112 Å². The predicted molar refractivity (Wildman–Crippen MR) is 76.6 cm³/mol. The minimum Gasteiger partial charge on any atom is -0.495 e. The van der Waals surface area contributed by atoms with Crippen molar-refractivity contribution < 1.29 is 8.95 Å². The number of methoxy groups -OCH3 is 1. The lowest BCUT2D eigenvalue weighted by Gasteiger charge is -2.09. The number of para-hydroxylation sites is 1. The second-order valence-electron chi connectivity index (χ2n) is 4.65. The molecule has 1 N–H and O–H groups in total. The van der Waals surface area contributed by atoms with Crippen molar-refractivity contribution in [3.8, 4) is 5.75 Å². The molecular formula is C14H23NO2S. The van der Waals surface area contributed by atoms with Gasteiger partial charge in [-0.25, -0.2) is 0 Å². The highest BCUT2D eigenvalue weighted by Gasteiger charge is 2.09. The zero-order valence-corrected chi connectivity index (χ0v) is 12.3. The lowest BCUT2D eigenvalue weighted by molar-refractivity contribution is 0.404. The van der Waals surface area contributed by atoms with Crippen molar-refractivity contribution >= 4 is 10.8 Å². The molecular weight excluding hydrogens is 246 g/mol. The fourth-order valence-electron chi connectivity index (χ4n) is 1.64. The van der Waals surface area contributed by atoms with Crippen molar-refractivity contribution in [2.45, 2.75) is 25.2 Å². The number of nitrogens with one attached hydrogen (secondary N) is 1. The standard InChI is InChI=1S/C14H23NO2S/c1-12(2)11-15-9-6-10-18(16)14-8-5-4-7-13(14)17-3/h4-5,7-8,12,15H,6,9-11H2,1-3H3. The molecule has 3 nitrogen and oxygen atoms in total. The average molecular weight is 269 g/mol. The quantitative estimate of drug-likeness (QED) is 0.737. The van der Waals surface area contributed by atoms with E-state index >= 15 is 0 Å². The Hall–Kier alpha value is -0.870. The van der Waals surface area contributed by atoms with Gasteiger partial charge in [-0.3, -0.25) is 4.21 Å². The highest BCUT2D eigenvalue weighted by atomic mass is 32.2. The second kappa shape index (κ2) is 8.27. The van der Waals surface area contributed by atoms with Crippen molar-refractivity contribution in [2.75, 3.05) is 26.0 Å². The summed E-state index contributed by atoms with van der Waals surface area (Å²) in [5.41, 5.74) is 0.